The van der Waals surface area contributed by atoms with Gasteiger partial charge in [0.15, 0.2) is 11.7 Å². The van der Waals surface area contributed by atoms with Crippen molar-refractivity contribution >= 4 is 23.0 Å². The Morgan fingerprint density at radius 1 is 1.26 bits per heavy atom. The fourth-order valence-electron chi connectivity index (χ4n) is 2.15. The number of nitrogens with two attached hydrogens (primary N) is 1. The number of hydrogen-bond acceptors (Lipinski definition) is 5. The predicted octanol–water partition coefficient (Wildman–Crippen LogP) is 3.93. The Kier molecular flexibility index (Phi) is 7.28. The molecule has 0 spiro atoms. The summed E-state index contributed by atoms with van der Waals surface area (Å²) in [5, 5.41) is 4.28. The summed E-state index contributed by atoms with van der Waals surface area (Å²) in [4.78, 5) is 7.69. The van der Waals surface area contributed by atoms with Crippen molar-refractivity contribution in [3.8, 4) is 11.5 Å². The zero-order chi connectivity index (χ0) is 19.9. The number of benzene rings is 1. The van der Waals surface area contributed by atoms with Gasteiger partial charge in [0.05, 0.1) is 23.9 Å². The Labute approximate surface area is 159 Å². The summed E-state index contributed by atoms with van der Waals surface area (Å²) in [5.41, 5.74) is 5.59. The first-order chi connectivity index (χ1) is 12.8. The van der Waals surface area contributed by atoms with Crippen LogP contribution in [0.25, 0.3) is 0 Å². The molecule has 1 aromatic carbocycles. The van der Waals surface area contributed by atoms with Gasteiger partial charge in [-0.1, -0.05) is 0 Å². The van der Waals surface area contributed by atoms with Gasteiger partial charge in [-0.3, -0.25) is 4.99 Å². The molecule has 0 radical (unpaired) electrons. The highest BCUT2D eigenvalue weighted by atomic mass is 32.1. The van der Waals surface area contributed by atoms with Gasteiger partial charge < -0.3 is 20.5 Å². The Morgan fingerprint density at radius 2 is 2.00 bits per heavy atom. The lowest BCUT2D eigenvalue weighted by Gasteiger charge is -2.13. The van der Waals surface area contributed by atoms with Crippen LogP contribution in [0.4, 0.5) is 18.9 Å². The SMILES string of the molecule is CCOc1ccc(OCC)c(NC(N)=NCCc2nc(C(F)(F)F)cs2)c1. The molecule has 0 aliphatic heterocycles. The predicted molar refractivity (Wildman–Crippen MR) is 99.7 cm³/mol. The molecule has 10 heteroatoms. The molecule has 0 aliphatic carbocycles. The molecule has 0 amide bonds. The van der Waals surface area contributed by atoms with Gasteiger partial charge in [0.25, 0.3) is 0 Å². The monoisotopic (exact) mass is 402 g/mol. The second kappa shape index (κ2) is 9.45. The molecule has 2 aromatic rings. The zero-order valence-corrected chi connectivity index (χ0v) is 15.8. The van der Waals surface area contributed by atoms with Crippen LogP contribution in [0, 0.1) is 0 Å². The first-order valence-electron chi connectivity index (χ1n) is 8.31. The number of thiazole rings is 1. The third-order valence-corrected chi connectivity index (χ3v) is 4.18. The quantitative estimate of drug-likeness (QED) is 0.517. The summed E-state index contributed by atoms with van der Waals surface area (Å²) in [7, 11) is 0. The van der Waals surface area contributed by atoms with Crippen molar-refractivity contribution in [2.75, 3.05) is 25.1 Å². The van der Waals surface area contributed by atoms with Gasteiger partial charge >= 0.3 is 6.18 Å². The first kappa shape index (κ1) is 20.8. The van der Waals surface area contributed by atoms with E-state index in [1.54, 1.807) is 18.2 Å². The number of ether oxygens (including phenoxy) is 2. The number of halogens is 3. The minimum atomic E-state index is -4.43. The van der Waals surface area contributed by atoms with Crippen LogP contribution in [0.3, 0.4) is 0 Å². The fraction of sp³-hybridized carbons (Fsp3) is 0.412. The van der Waals surface area contributed by atoms with Crippen LogP contribution in [0.5, 0.6) is 11.5 Å². The number of rotatable bonds is 8. The average Bonchev–Trinajstić information content (AvgIpc) is 3.07. The molecule has 3 N–H and O–H groups in total. The zero-order valence-electron chi connectivity index (χ0n) is 15.0. The maximum atomic E-state index is 12.5. The van der Waals surface area contributed by atoms with E-state index in [4.69, 9.17) is 15.2 Å². The number of aromatic nitrogens is 1. The van der Waals surface area contributed by atoms with Crippen molar-refractivity contribution in [3.05, 3.63) is 34.3 Å². The van der Waals surface area contributed by atoms with Crippen molar-refractivity contribution in [2.24, 2.45) is 10.7 Å². The lowest BCUT2D eigenvalue weighted by molar-refractivity contribution is -0.140. The Morgan fingerprint density at radius 3 is 2.63 bits per heavy atom. The molecule has 1 heterocycles. The van der Waals surface area contributed by atoms with Gasteiger partial charge in [-0.2, -0.15) is 13.2 Å². The van der Waals surface area contributed by atoms with E-state index in [2.05, 4.69) is 15.3 Å². The summed E-state index contributed by atoms with van der Waals surface area (Å²) in [6.45, 7) is 4.94. The van der Waals surface area contributed by atoms with Crippen LogP contribution in [-0.4, -0.2) is 30.7 Å². The molecule has 0 fully saturated rings. The molecule has 6 nitrogen and oxygen atoms in total. The van der Waals surface area contributed by atoms with E-state index in [0.29, 0.717) is 35.4 Å². The maximum absolute atomic E-state index is 12.5. The lowest BCUT2D eigenvalue weighted by atomic mass is 10.2. The Hall–Kier alpha value is -2.49. The van der Waals surface area contributed by atoms with Crippen LogP contribution >= 0.6 is 11.3 Å². The second-order valence-corrected chi connectivity index (χ2v) is 6.23. The number of nitrogens with one attached hydrogen (secondary N) is 1. The summed E-state index contributed by atoms with van der Waals surface area (Å²) >= 11 is 0.950. The minimum absolute atomic E-state index is 0.122. The summed E-state index contributed by atoms with van der Waals surface area (Å²) in [6, 6.07) is 5.29. The van der Waals surface area contributed by atoms with E-state index < -0.39 is 11.9 Å². The van der Waals surface area contributed by atoms with Gasteiger partial charge in [-0.15, -0.1) is 11.3 Å². The number of anilines is 1. The van der Waals surface area contributed by atoms with Crippen molar-refractivity contribution in [3.63, 3.8) is 0 Å². The van der Waals surface area contributed by atoms with E-state index in [1.807, 2.05) is 13.8 Å². The van der Waals surface area contributed by atoms with E-state index >= 15 is 0 Å². The van der Waals surface area contributed by atoms with Crippen molar-refractivity contribution in [1.82, 2.24) is 4.98 Å². The molecule has 0 aliphatic rings. The van der Waals surface area contributed by atoms with Crippen molar-refractivity contribution in [2.45, 2.75) is 26.4 Å². The Balaban J connectivity index is 2.00. The van der Waals surface area contributed by atoms with Gasteiger partial charge in [-0.05, 0) is 26.0 Å². The smallest absolute Gasteiger partial charge is 0.434 e. The van der Waals surface area contributed by atoms with Gasteiger partial charge in [0.2, 0.25) is 0 Å². The lowest BCUT2D eigenvalue weighted by Crippen LogP contribution is -2.23. The summed E-state index contributed by atoms with van der Waals surface area (Å²) in [5.74, 6) is 1.37. The highest BCUT2D eigenvalue weighted by molar-refractivity contribution is 7.09. The number of alkyl halides is 3. The number of nitrogens with zero attached hydrogens (tertiary/aromatic N) is 2. The topological polar surface area (TPSA) is 81.8 Å². The minimum Gasteiger partial charge on any atom is -0.494 e. The van der Waals surface area contributed by atoms with Crippen LogP contribution in [0.1, 0.15) is 24.5 Å². The van der Waals surface area contributed by atoms with Crippen LogP contribution in [-0.2, 0) is 12.6 Å². The standard InChI is InChI=1S/C17H21F3N4O2S/c1-3-25-11-5-6-13(26-4-2)12(9-11)23-16(21)22-8-7-15-24-14(10-27-15)17(18,19)20/h5-6,9-10H,3-4,7-8H2,1-2H3,(H3,21,22,23). The molecule has 27 heavy (non-hydrogen) atoms. The molecule has 2 rings (SSSR count). The number of aliphatic imine (C=N–C) groups is 1. The van der Waals surface area contributed by atoms with Crippen molar-refractivity contribution in [1.29, 1.82) is 0 Å². The van der Waals surface area contributed by atoms with Crippen molar-refractivity contribution < 1.29 is 22.6 Å². The second-order valence-electron chi connectivity index (χ2n) is 5.29. The molecule has 0 saturated heterocycles. The van der Waals surface area contributed by atoms with E-state index in [-0.39, 0.29) is 18.9 Å². The highest BCUT2D eigenvalue weighted by Gasteiger charge is 2.33. The molecule has 0 atom stereocenters. The average molecular weight is 402 g/mol. The summed E-state index contributed by atoms with van der Waals surface area (Å²) in [6.07, 6.45) is -4.17. The Bertz CT molecular complexity index is 778. The molecule has 0 saturated carbocycles. The summed E-state index contributed by atoms with van der Waals surface area (Å²) < 4.78 is 48.6. The highest BCUT2D eigenvalue weighted by Crippen LogP contribution is 2.30. The van der Waals surface area contributed by atoms with E-state index in [1.165, 1.54) is 0 Å². The third-order valence-electron chi connectivity index (χ3n) is 3.27. The van der Waals surface area contributed by atoms with Gasteiger partial charge in [0.1, 0.15) is 11.5 Å². The van der Waals surface area contributed by atoms with Crippen LogP contribution in [0.2, 0.25) is 0 Å². The number of guanidine groups is 1. The molecule has 1 aromatic heterocycles. The number of hydrogen-bond donors (Lipinski definition) is 2. The third kappa shape index (κ3) is 6.31. The first-order valence-corrected chi connectivity index (χ1v) is 9.19. The van der Waals surface area contributed by atoms with Crippen LogP contribution in [0.15, 0.2) is 28.6 Å². The molecule has 148 valence electrons. The largest absolute Gasteiger partial charge is 0.494 e. The van der Waals surface area contributed by atoms with Crippen LogP contribution < -0.4 is 20.5 Å². The van der Waals surface area contributed by atoms with Gasteiger partial charge in [-0.25, -0.2) is 4.98 Å². The normalized spacial score (nSPS) is 12.1. The maximum Gasteiger partial charge on any atom is 0.434 e. The molecular weight excluding hydrogens is 381 g/mol. The fourth-order valence-corrected chi connectivity index (χ4v) is 2.94. The molecular formula is C17H21F3N4O2S. The molecule has 0 bridgehead atoms. The van der Waals surface area contributed by atoms with E-state index in [9.17, 15) is 13.2 Å². The van der Waals surface area contributed by atoms with Gasteiger partial charge in [0, 0.05) is 24.4 Å². The van der Waals surface area contributed by atoms with E-state index in [0.717, 1.165) is 16.7 Å². The molecule has 0 unspecified atom stereocenters.